The van der Waals surface area contributed by atoms with Gasteiger partial charge in [-0.1, -0.05) is 0 Å². The Morgan fingerprint density at radius 1 is 1.12 bits per heavy atom. The molecule has 0 bridgehead atoms. The highest BCUT2D eigenvalue weighted by Gasteiger charge is 2.39. The quantitative estimate of drug-likeness (QED) is 0.869. The van der Waals surface area contributed by atoms with Crippen LogP contribution in [0.25, 0.3) is 11.3 Å². The summed E-state index contributed by atoms with van der Waals surface area (Å²) in [6.07, 6.45) is 13.9. The van der Waals surface area contributed by atoms with Crippen LogP contribution in [0.5, 0.6) is 0 Å². The Labute approximate surface area is 143 Å². The highest BCUT2D eigenvalue weighted by atomic mass is 15.2. The van der Waals surface area contributed by atoms with E-state index in [0.717, 1.165) is 18.9 Å². The first-order chi connectivity index (χ1) is 11.8. The Morgan fingerprint density at radius 2 is 2.00 bits per heavy atom. The summed E-state index contributed by atoms with van der Waals surface area (Å²) >= 11 is 0. The molecule has 1 saturated carbocycles. The molecule has 1 saturated heterocycles. The van der Waals surface area contributed by atoms with Crippen LogP contribution in [0.2, 0.25) is 0 Å². The molecule has 3 aliphatic rings. The van der Waals surface area contributed by atoms with Crippen molar-refractivity contribution >= 4 is 0 Å². The van der Waals surface area contributed by atoms with Crippen molar-refractivity contribution in [2.45, 2.75) is 45.1 Å². The summed E-state index contributed by atoms with van der Waals surface area (Å²) in [5.74, 6) is 2.28. The zero-order chi connectivity index (χ0) is 16.0. The van der Waals surface area contributed by atoms with Crippen molar-refractivity contribution < 1.29 is 0 Å². The zero-order valence-corrected chi connectivity index (χ0v) is 14.3. The van der Waals surface area contributed by atoms with E-state index in [1.807, 2.05) is 24.7 Å². The molecule has 2 aromatic rings. The standard InChI is InChI=1S/C20H26N4/c1-2-17(12-21-9-1)18-13-22-19-5-6-20(15-24(18)19)7-10-23(11-8-20)14-16-3-4-16/h1-2,9,12-13,16H,3-8,10-11,14-15H2. The molecular formula is C20H26N4. The number of rotatable bonds is 3. The van der Waals surface area contributed by atoms with E-state index < -0.39 is 0 Å². The predicted octanol–water partition coefficient (Wildman–Crippen LogP) is 3.38. The molecule has 2 aromatic heterocycles. The topological polar surface area (TPSA) is 34.0 Å². The number of imidazole rings is 1. The van der Waals surface area contributed by atoms with Gasteiger partial charge in [0.25, 0.3) is 0 Å². The number of likely N-dealkylation sites (tertiary alicyclic amines) is 1. The van der Waals surface area contributed by atoms with E-state index in [1.54, 1.807) is 0 Å². The van der Waals surface area contributed by atoms with Gasteiger partial charge < -0.3 is 9.47 Å². The van der Waals surface area contributed by atoms with Crippen LogP contribution >= 0.6 is 0 Å². The first-order valence-electron chi connectivity index (χ1n) is 9.49. The number of piperidine rings is 1. The summed E-state index contributed by atoms with van der Waals surface area (Å²) in [5, 5.41) is 0. The van der Waals surface area contributed by atoms with Gasteiger partial charge in [-0.05, 0) is 68.7 Å². The van der Waals surface area contributed by atoms with Gasteiger partial charge in [-0.25, -0.2) is 4.98 Å². The third kappa shape index (κ3) is 2.67. The second kappa shape index (κ2) is 5.69. The van der Waals surface area contributed by atoms with Gasteiger partial charge in [0.2, 0.25) is 0 Å². The van der Waals surface area contributed by atoms with Crippen molar-refractivity contribution in [3.8, 4) is 11.3 Å². The van der Waals surface area contributed by atoms with E-state index in [-0.39, 0.29) is 0 Å². The fourth-order valence-electron chi connectivity index (χ4n) is 4.61. The van der Waals surface area contributed by atoms with Gasteiger partial charge in [-0.3, -0.25) is 4.98 Å². The lowest BCUT2D eigenvalue weighted by atomic mass is 9.73. The lowest BCUT2D eigenvalue weighted by Gasteiger charge is -2.45. The fraction of sp³-hybridized carbons (Fsp3) is 0.600. The Balaban J connectivity index is 1.35. The molecule has 4 nitrogen and oxygen atoms in total. The van der Waals surface area contributed by atoms with Gasteiger partial charge in [0.05, 0.1) is 11.9 Å². The molecular weight excluding hydrogens is 296 g/mol. The SMILES string of the molecule is c1cncc(-c2cnc3n2CC2(CC3)CCN(CC3CC3)CC2)c1. The van der Waals surface area contributed by atoms with Crippen LogP contribution in [0.1, 0.15) is 37.9 Å². The number of pyridine rings is 1. The van der Waals surface area contributed by atoms with Crippen molar-refractivity contribution in [2.24, 2.45) is 11.3 Å². The second-order valence-electron chi connectivity index (χ2n) is 8.13. The molecule has 0 unspecified atom stereocenters. The molecule has 4 heterocycles. The van der Waals surface area contributed by atoms with E-state index in [1.165, 1.54) is 68.8 Å². The summed E-state index contributed by atoms with van der Waals surface area (Å²) < 4.78 is 2.48. The number of nitrogens with zero attached hydrogens (tertiary/aromatic N) is 4. The second-order valence-corrected chi connectivity index (χ2v) is 8.13. The minimum atomic E-state index is 0.491. The minimum Gasteiger partial charge on any atom is -0.327 e. The molecule has 1 aliphatic carbocycles. The fourth-order valence-corrected chi connectivity index (χ4v) is 4.61. The van der Waals surface area contributed by atoms with Gasteiger partial charge in [0.15, 0.2) is 0 Å². The highest BCUT2D eigenvalue weighted by molar-refractivity contribution is 5.58. The van der Waals surface area contributed by atoms with Crippen molar-refractivity contribution in [3.05, 3.63) is 36.5 Å². The van der Waals surface area contributed by atoms with Crippen LogP contribution in [0.15, 0.2) is 30.7 Å². The molecule has 5 rings (SSSR count). The highest BCUT2D eigenvalue weighted by Crippen LogP contribution is 2.43. The number of fused-ring (bicyclic) bond motifs is 1. The summed E-state index contributed by atoms with van der Waals surface area (Å²) in [6, 6.07) is 4.17. The third-order valence-corrected chi connectivity index (χ3v) is 6.40. The number of hydrogen-bond acceptors (Lipinski definition) is 3. The summed E-state index contributed by atoms with van der Waals surface area (Å²) in [6.45, 7) is 5.09. The minimum absolute atomic E-state index is 0.491. The smallest absolute Gasteiger partial charge is 0.109 e. The van der Waals surface area contributed by atoms with Gasteiger partial charge in [0, 0.05) is 37.5 Å². The van der Waals surface area contributed by atoms with Crippen molar-refractivity contribution in [3.63, 3.8) is 0 Å². The molecule has 0 aromatic carbocycles. The van der Waals surface area contributed by atoms with Crippen molar-refractivity contribution in [2.75, 3.05) is 19.6 Å². The maximum atomic E-state index is 4.70. The van der Waals surface area contributed by atoms with Crippen LogP contribution in [0.3, 0.4) is 0 Å². The molecule has 4 heteroatoms. The first kappa shape index (κ1) is 14.6. The molecule has 126 valence electrons. The van der Waals surface area contributed by atoms with Crippen LogP contribution in [-0.4, -0.2) is 39.1 Å². The van der Waals surface area contributed by atoms with Gasteiger partial charge in [0.1, 0.15) is 5.82 Å². The Kier molecular flexibility index (Phi) is 3.47. The van der Waals surface area contributed by atoms with E-state index in [4.69, 9.17) is 4.98 Å². The van der Waals surface area contributed by atoms with E-state index in [0.29, 0.717) is 5.41 Å². The molecule has 2 aliphatic heterocycles. The molecule has 1 spiro atoms. The Hall–Kier alpha value is -1.68. The van der Waals surface area contributed by atoms with Crippen LogP contribution in [0.4, 0.5) is 0 Å². The van der Waals surface area contributed by atoms with Crippen LogP contribution in [0, 0.1) is 11.3 Å². The Bertz CT molecular complexity index is 708. The van der Waals surface area contributed by atoms with Crippen LogP contribution < -0.4 is 0 Å². The predicted molar refractivity (Wildman–Crippen MR) is 94.6 cm³/mol. The number of aromatic nitrogens is 3. The zero-order valence-electron chi connectivity index (χ0n) is 14.3. The monoisotopic (exact) mass is 322 g/mol. The summed E-state index contributed by atoms with van der Waals surface area (Å²) in [7, 11) is 0. The average molecular weight is 322 g/mol. The molecule has 0 amide bonds. The summed E-state index contributed by atoms with van der Waals surface area (Å²) in [4.78, 5) is 11.7. The first-order valence-corrected chi connectivity index (χ1v) is 9.49. The van der Waals surface area contributed by atoms with Gasteiger partial charge in [-0.2, -0.15) is 0 Å². The largest absolute Gasteiger partial charge is 0.327 e. The van der Waals surface area contributed by atoms with E-state index >= 15 is 0 Å². The maximum Gasteiger partial charge on any atom is 0.109 e. The Morgan fingerprint density at radius 3 is 2.75 bits per heavy atom. The molecule has 0 atom stereocenters. The van der Waals surface area contributed by atoms with Gasteiger partial charge in [-0.15, -0.1) is 0 Å². The van der Waals surface area contributed by atoms with E-state index in [9.17, 15) is 0 Å². The molecule has 0 radical (unpaired) electrons. The lowest BCUT2D eigenvalue weighted by molar-refractivity contribution is 0.0656. The lowest BCUT2D eigenvalue weighted by Crippen LogP contribution is -2.45. The van der Waals surface area contributed by atoms with Crippen LogP contribution in [-0.2, 0) is 13.0 Å². The number of aryl methyl sites for hydroxylation is 1. The molecule has 24 heavy (non-hydrogen) atoms. The third-order valence-electron chi connectivity index (χ3n) is 6.40. The van der Waals surface area contributed by atoms with Crippen molar-refractivity contribution in [1.82, 2.24) is 19.4 Å². The van der Waals surface area contributed by atoms with E-state index in [2.05, 4.69) is 20.5 Å². The molecule has 0 N–H and O–H groups in total. The maximum absolute atomic E-state index is 4.70. The normalized spacial score (nSPS) is 23.3. The molecule has 2 fully saturated rings. The van der Waals surface area contributed by atoms with Crippen molar-refractivity contribution in [1.29, 1.82) is 0 Å². The average Bonchev–Trinajstić information content (AvgIpc) is 3.35. The number of hydrogen-bond donors (Lipinski definition) is 0. The van der Waals surface area contributed by atoms with Gasteiger partial charge >= 0.3 is 0 Å². The summed E-state index contributed by atoms with van der Waals surface area (Å²) in [5.41, 5.74) is 2.93.